The lowest BCUT2D eigenvalue weighted by Gasteiger charge is -2.20. The Kier molecular flexibility index (Phi) is 1.69. The van der Waals surface area contributed by atoms with Gasteiger partial charge in [0.15, 0.2) is 0 Å². The molecule has 0 bridgehead atoms. The van der Waals surface area contributed by atoms with Crippen molar-refractivity contribution >= 4 is 0 Å². The zero-order chi connectivity index (χ0) is 8.01. The van der Waals surface area contributed by atoms with Gasteiger partial charge in [0.1, 0.15) is 0 Å². The van der Waals surface area contributed by atoms with Gasteiger partial charge in [-0.3, -0.25) is 0 Å². The molecule has 2 fully saturated rings. The van der Waals surface area contributed by atoms with E-state index in [4.69, 9.17) is 0 Å². The second-order valence-corrected chi connectivity index (χ2v) is 4.33. The van der Waals surface area contributed by atoms with Crippen LogP contribution in [0.15, 0.2) is 0 Å². The molecule has 0 aliphatic carbocycles. The van der Waals surface area contributed by atoms with Crippen molar-refractivity contribution < 1.29 is 0 Å². The molecule has 2 nitrogen and oxygen atoms in total. The lowest BCUT2D eigenvalue weighted by Crippen LogP contribution is -2.30. The molecule has 3 atom stereocenters. The standard InChI is InChI=1S/C9H18N2/c1-7-9-6-10(2)4-8(9)5-11(7)3/h7-9H,4-6H2,1-3H3. The number of hydrogen-bond donors (Lipinski definition) is 0. The van der Waals surface area contributed by atoms with Gasteiger partial charge in [-0.2, -0.15) is 0 Å². The zero-order valence-corrected chi connectivity index (χ0v) is 7.75. The molecule has 0 aromatic carbocycles. The number of nitrogens with zero attached hydrogens (tertiary/aromatic N) is 2. The van der Waals surface area contributed by atoms with Crippen LogP contribution in [-0.4, -0.2) is 49.6 Å². The zero-order valence-electron chi connectivity index (χ0n) is 7.75. The van der Waals surface area contributed by atoms with Crippen LogP contribution in [0.5, 0.6) is 0 Å². The highest BCUT2D eigenvalue weighted by Crippen LogP contribution is 2.33. The van der Waals surface area contributed by atoms with Gasteiger partial charge in [-0.15, -0.1) is 0 Å². The number of fused-ring (bicyclic) bond motifs is 1. The molecule has 2 aliphatic rings. The minimum Gasteiger partial charge on any atom is -0.306 e. The number of likely N-dealkylation sites (tertiary alicyclic amines) is 2. The first-order valence-corrected chi connectivity index (χ1v) is 4.57. The van der Waals surface area contributed by atoms with Crippen LogP contribution in [0.4, 0.5) is 0 Å². The van der Waals surface area contributed by atoms with Crippen LogP contribution in [0.3, 0.4) is 0 Å². The van der Waals surface area contributed by atoms with Crippen LogP contribution < -0.4 is 0 Å². The Morgan fingerprint density at radius 3 is 2.45 bits per heavy atom. The normalized spacial score (nSPS) is 46.6. The molecule has 0 amide bonds. The molecule has 0 aromatic heterocycles. The molecule has 2 heterocycles. The Morgan fingerprint density at radius 2 is 1.82 bits per heavy atom. The summed E-state index contributed by atoms with van der Waals surface area (Å²) >= 11 is 0. The Labute approximate surface area is 69.2 Å². The molecule has 0 radical (unpaired) electrons. The summed E-state index contributed by atoms with van der Waals surface area (Å²) in [6, 6.07) is 0.810. The summed E-state index contributed by atoms with van der Waals surface area (Å²) in [5.41, 5.74) is 0. The molecule has 64 valence electrons. The third-order valence-corrected chi connectivity index (χ3v) is 3.51. The summed E-state index contributed by atoms with van der Waals surface area (Å²) in [5, 5.41) is 0. The lowest BCUT2D eigenvalue weighted by molar-refractivity contribution is 0.257. The van der Waals surface area contributed by atoms with Gasteiger partial charge in [-0.05, 0) is 32.9 Å². The van der Waals surface area contributed by atoms with Crippen LogP contribution in [0, 0.1) is 11.8 Å². The van der Waals surface area contributed by atoms with Gasteiger partial charge in [-0.25, -0.2) is 0 Å². The molecule has 0 saturated carbocycles. The second kappa shape index (κ2) is 2.46. The monoisotopic (exact) mass is 154 g/mol. The van der Waals surface area contributed by atoms with Crippen molar-refractivity contribution in [1.29, 1.82) is 0 Å². The predicted molar refractivity (Wildman–Crippen MR) is 46.6 cm³/mol. The van der Waals surface area contributed by atoms with E-state index in [2.05, 4.69) is 30.8 Å². The molecule has 2 heteroatoms. The van der Waals surface area contributed by atoms with Crippen molar-refractivity contribution in [2.24, 2.45) is 11.8 Å². The summed E-state index contributed by atoms with van der Waals surface area (Å²) < 4.78 is 0. The molecule has 0 aromatic rings. The van der Waals surface area contributed by atoms with Gasteiger partial charge >= 0.3 is 0 Å². The van der Waals surface area contributed by atoms with Crippen molar-refractivity contribution in [3.8, 4) is 0 Å². The van der Waals surface area contributed by atoms with Gasteiger partial charge < -0.3 is 9.80 Å². The van der Waals surface area contributed by atoms with Crippen LogP contribution >= 0.6 is 0 Å². The third-order valence-electron chi connectivity index (χ3n) is 3.51. The van der Waals surface area contributed by atoms with Crippen molar-refractivity contribution in [3.05, 3.63) is 0 Å². The van der Waals surface area contributed by atoms with E-state index in [1.54, 1.807) is 0 Å². The average Bonchev–Trinajstić information content (AvgIpc) is 2.37. The SMILES string of the molecule is CC1C2CN(C)CC2CN1C. The van der Waals surface area contributed by atoms with Crippen LogP contribution in [0.2, 0.25) is 0 Å². The average molecular weight is 154 g/mol. The first-order chi connectivity index (χ1) is 5.18. The first kappa shape index (κ1) is 7.56. The maximum absolute atomic E-state index is 2.50. The molecular weight excluding hydrogens is 136 g/mol. The first-order valence-electron chi connectivity index (χ1n) is 4.57. The Bertz CT molecular complexity index is 158. The summed E-state index contributed by atoms with van der Waals surface area (Å²) in [6.07, 6.45) is 0. The van der Waals surface area contributed by atoms with E-state index in [0.29, 0.717) is 0 Å². The van der Waals surface area contributed by atoms with E-state index < -0.39 is 0 Å². The quantitative estimate of drug-likeness (QED) is 0.501. The highest BCUT2D eigenvalue weighted by molar-refractivity contribution is 4.95. The number of rotatable bonds is 0. The molecule has 0 N–H and O–H groups in total. The maximum Gasteiger partial charge on any atom is 0.0108 e. The van der Waals surface area contributed by atoms with Crippen LogP contribution in [-0.2, 0) is 0 Å². The minimum absolute atomic E-state index is 0.810. The topological polar surface area (TPSA) is 6.48 Å². The minimum atomic E-state index is 0.810. The van der Waals surface area contributed by atoms with Crippen molar-refractivity contribution in [3.63, 3.8) is 0 Å². The second-order valence-electron chi connectivity index (χ2n) is 4.33. The van der Waals surface area contributed by atoms with E-state index >= 15 is 0 Å². The van der Waals surface area contributed by atoms with E-state index in [0.717, 1.165) is 17.9 Å². The lowest BCUT2D eigenvalue weighted by atomic mass is 9.95. The summed E-state index contributed by atoms with van der Waals surface area (Å²) in [6.45, 7) is 6.32. The fourth-order valence-corrected chi connectivity index (χ4v) is 2.72. The largest absolute Gasteiger partial charge is 0.306 e. The highest BCUT2D eigenvalue weighted by atomic mass is 15.2. The van der Waals surface area contributed by atoms with E-state index in [1.165, 1.54) is 19.6 Å². The fourth-order valence-electron chi connectivity index (χ4n) is 2.72. The van der Waals surface area contributed by atoms with Gasteiger partial charge in [0.25, 0.3) is 0 Å². The summed E-state index contributed by atoms with van der Waals surface area (Å²) in [5.74, 6) is 1.91. The molecule has 2 rings (SSSR count). The molecule has 0 spiro atoms. The summed E-state index contributed by atoms with van der Waals surface area (Å²) in [7, 11) is 4.49. The van der Waals surface area contributed by atoms with Crippen molar-refractivity contribution in [1.82, 2.24) is 9.80 Å². The molecular formula is C9H18N2. The summed E-state index contributed by atoms with van der Waals surface area (Å²) in [4.78, 5) is 4.97. The molecule has 2 aliphatic heterocycles. The van der Waals surface area contributed by atoms with Gasteiger partial charge in [0.2, 0.25) is 0 Å². The van der Waals surface area contributed by atoms with E-state index in [9.17, 15) is 0 Å². The molecule has 11 heavy (non-hydrogen) atoms. The van der Waals surface area contributed by atoms with E-state index in [-0.39, 0.29) is 0 Å². The van der Waals surface area contributed by atoms with Crippen LogP contribution in [0.1, 0.15) is 6.92 Å². The fraction of sp³-hybridized carbons (Fsp3) is 1.00. The Hall–Kier alpha value is -0.0800. The molecule has 3 unspecified atom stereocenters. The maximum atomic E-state index is 2.50. The predicted octanol–water partition coefficient (Wildman–Crippen LogP) is 0.498. The Morgan fingerprint density at radius 1 is 1.09 bits per heavy atom. The van der Waals surface area contributed by atoms with Gasteiger partial charge in [0, 0.05) is 25.7 Å². The Balaban J connectivity index is 2.07. The number of hydrogen-bond acceptors (Lipinski definition) is 2. The van der Waals surface area contributed by atoms with Gasteiger partial charge in [0.05, 0.1) is 0 Å². The smallest absolute Gasteiger partial charge is 0.0108 e. The molecule has 2 saturated heterocycles. The van der Waals surface area contributed by atoms with Crippen molar-refractivity contribution in [2.75, 3.05) is 33.7 Å². The van der Waals surface area contributed by atoms with E-state index in [1.807, 2.05) is 0 Å². The van der Waals surface area contributed by atoms with Crippen molar-refractivity contribution in [2.45, 2.75) is 13.0 Å². The third kappa shape index (κ3) is 1.09. The highest BCUT2D eigenvalue weighted by Gasteiger charge is 2.41. The van der Waals surface area contributed by atoms with Gasteiger partial charge in [-0.1, -0.05) is 0 Å². The van der Waals surface area contributed by atoms with Crippen LogP contribution in [0.25, 0.3) is 0 Å².